The molecule has 0 aliphatic heterocycles. The lowest BCUT2D eigenvalue weighted by Gasteiger charge is -2.26. The van der Waals surface area contributed by atoms with Gasteiger partial charge in [-0.15, -0.1) is 0 Å². The van der Waals surface area contributed by atoms with Gasteiger partial charge in [0, 0.05) is 11.8 Å². The second-order valence-electron chi connectivity index (χ2n) is 8.97. The Kier molecular flexibility index (Phi) is 4.36. The first-order valence-electron chi connectivity index (χ1n) is 9.05. The Morgan fingerprint density at radius 2 is 1.54 bits per heavy atom. The number of benzene rings is 2. The number of rotatable bonds is 1. The van der Waals surface area contributed by atoms with E-state index in [1.165, 1.54) is 11.1 Å². The molecule has 2 heteroatoms. The van der Waals surface area contributed by atoms with E-state index in [2.05, 4.69) is 76.9 Å². The van der Waals surface area contributed by atoms with Gasteiger partial charge in [-0.1, -0.05) is 59.7 Å². The first-order chi connectivity index (χ1) is 12.1. The smallest absolute Gasteiger partial charge is 0.0991 e. The van der Waals surface area contributed by atoms with Gasteiger partial charge in [-0.05, 0) is 57.0 Å². The highest BCUT2D eigenvalue weighted by Gasteiger charge is 2.23. The van der Waals surface area contributed by atoms with Crippen molar-refractivity contribution in [1.29, 1.82) is 5.26 Å². The zero-order chi connectivity index (χ0) is 19.1. The van der Waals surface area contributed by atoms with Crippen LogP contribution in [-0.4, -0.2) is 4.98 Å². The van der Waals surface area contributed by atoms with Crippen LogP contribution >= 0.6 is 0 Å². The number of fused-ring (bicyclic) bond motifs is 1. The summed E-state index contributed by atoms with van der Waals surface area (Å²) in [5, 5.41) is 11.6. The fourth-order valence-corrected chi connectivity index (χ4v) is 3.46. The van der Waals surface area contributed by atoms with Gasteiger partial charge >= 0.3 is 0 Å². The van der Waals surface area contributed by atoms with E-state index in [-0.39, 0.29) is 10.8 Å². The Hall–Kier alpha value is -2.66. The van der Waals surface area contributed by atoms with Gasteiger partial charge in [0.2, 0.25) is 0 Å². The summed E-state index contributed by atoms with van der Waals surface area (Å²) in [4.78, 5) is 4.68. The Balaban J connectivity index is 2.35. The molecule has 0 radical (unpaired) electrons. The molecule has 132 valence electrons. The average molecular weight is 342 g/mol. The third kappa shape index (κ3) is 3.35. The summed E-state index contributed by atoms with van der Waals surface area (Å²) in [6.45, 7) is 13.3. The lowest BCUT2D eigenvalue weighted by molar-refractivity contribution is 0.589. The molecule has 26 heavy (non-hydrogen) atoms. The van der Waals surface area contributed by atoms with Gasteiger partial charge in [0.05, 0.1) is 17.3 Å². The van der Waals surface area contributed by atoms with Crippen molar-refractivity contribution in [2.75, 3.05) is 0 Å². The van der Waals surface area contributed by atoms with E-state index in [1.807, 2.05) is 24.4 Å². The van der Waals surface area contributed by atoms with Gasteiger partial charge < -0.3 is 0 Å². The van der Waals surface area contributed by atoms with Gasteiger partial charge in [0.15, 0.2) is 0 Å². The minimum atomic E-state index is -0.0671. The molecule has 0 unspecified atom stereocenters. The topological polar surface area (TPSA) is 36.7 Å². The summed E-state index contributed by atoms with van der Waals surface area (Å²) in [6.07, 6.45) is 1.90. The molecule has 0 aliphatic rings. The fraction of sp³-hybridized carbons (Fsp3) is 0.333. The van der Waals surface area contributed by atoms with E-state index < -0.39 is 0 Å². The highest BCUT2D eigenvalue weighted by atomic mass is 14.7. The predicted molar refractivity (Wildman–Crippen MR) is 109 cm³/mol. The molecule has 2 nitrogen and oxygen atoms in total. The molecule has 0 saturated carbocycles. The van der Waals surface area contributed by atoms with Crippen molar-refractivity contribution in [2.24, 2.45) is 0 Å². The van der Waals surface area contributed by atoms with Crippen LogP contribution in [0.3, 0.4) is 0 Å². The van der Waals surface area contributed by atoms with E-state index in [9.17, 15) is 5.26 Å². The van der Waals surface area contributed by atoms with Crippen LogP contribution in [0.5, 0.6) is 0 Å². The van der Waals surface area contributed by atoms with Crippen LogP contribution in [0.2, 0.25) is 0 Å². The van der Waals surface area contributed by atoms with Crippen LogP contribution in [0.1, 0.15) is 58.2 Å². The van der Waals surface area contributed by atoms with Crippen molar-refractivity contribution in [3.8, 4) is 17.3 Å². The first kappa shape index (κ1) is 18.1. The summed E-state index contributed by atoms with van der Waals surface area (Å²) >= 11 is 0. The molecule has 1 aromatic heterocycles. The van der Waals surface area contributed by atoms with Gasteiger partial charge in [0.25, 0.3) is 0 Å². The normalized spacial score (nSPS) is 12.2. The van der Waals surface area contributed by atoms with Crippen LogP contribution in [0.25, 0.3) is 22.0 Å². The summed E-state index contributed by atoms with van der Waals surface area (Å²) in [6, 6.07) is 16.8. The molecule has 0 spiro atoms. The van der Waals surface area contributed by atoms with E-state index >= 15 is 0 Å². The van der Waals surface area contributed by atoms with Gasteiger partial charge in [-0.25, -0.2) is 0 Å². The maximum absolute atomic E-state index is 9.34. The maximum atomic E-state index is 9.34. The number of pyridine rings is 1. The summed E-state index contributed by atoms with van der Waals surface area (Å²) in [5.74, 6) is 0. The Morgan fingerprint density at radius 1 is 0.846 bits per heavy atom. The minimum Gasteiger partial charge on any atom is -0.256 e. The fourth-order valence-electron chi connectivity index (χ4n) is 3.46. The molecule has 0 amide bonds. The lowest BCUT2D eigenvalue weighted by atomic mass is 9.78. The average Bonchev–Trinajstić information content (AvgIpc) is 2.58. The standard InChI is InChI=1S/C24H26N2/c1-23(2,3)18-11-12-26-21(14-18)19-10-9-17-8-7-16(15-25)13-20(17)22(19)24(4,5)6/h7-14H,1-6H3. The first-order valence-corrected chi connectivity index (χ1v) is 9.05. The molecule has 0 atom stereocenters. The SMILES string of the molecule is CC(C)(C)c1ccnc(-c2ccc3ccc(C#N)cc3c2C(C)(C)C)c1. The second kappa shape index (κ2) is 6.25. The number of aromatic nitrogens is 1. The molecule has 0 saturated heterocycles. The van der Waals surface area contributed by atoms with E-state index in [0.29, 0.717) is 5.56 Å². The predicted octanol–water partition coefficient (Wildman–Crippen LogP) is 6.37. The molecular weight excluding hydrogens is 316 g/mol. The third-order valence-electron chi connectivity index (χ3n) is 4.80. The van der Waals surface area contributed by atoms with Crippen molar-refractivity contribution < 1.29 is 0 Å². The van der Waals surface area contributed by atoms with Crippen LogP contribution in [-0.2, 0) is 10.8 Å². The van der Waals surface area contributed by atoms with Gasteiger partial charge in [-0.3, -0.25) is 4.98 Å². The monoisotopic (exact) mass is 342 g/mol. The minimum absolute atomic E-state index is 0.0671. The van der Waals surface area contributed by atoms with Crippen LogP contribution in [0.15, 0.2) is 48.7 Å². The number of hydrogen-bond donors (Lipinski definition) is 0. The zero-order valence-electron chi connectivity index (χ0n) is 16.5. The lowest BCUT2D eigenvalue weighted by Crippen LogP contribution is -2.15. The zero-order valence-corrected chi connectivity index (χ0v) is 16.5. The molecule has 0 aliphatic carbocycles. The second-order valence-corrected chi connectivity index (χ2v) is 8.97. The molecule has 3 rings (SSSR count). The van der Waals surface area contributed by atoms with Crippen molar-refractivity contribution in [1.82, 2.24) is 4.98 Å². The van der Waals surface area contributed by atoms with Crippen LogP contribution < -0.4 is 0 Å². The van der Waals surface area contributed by atoms with Gasteiger partial charge in [-0.2, -0.15) is 5.26 Å². The molecule has 3 aromatic rings. The van der Waals surface area contributed by atoms with E-state index in [1.54, 1.807) is 0 Å². The van der Waals surface area contributed by atoms with Crippen LogP contribution in [0, 0.1) is 11.3 Å². The molecule has 0 N–H and O–H groups in total. The number of hydrogen-bond acceptors (Lipinski definition) is 2. The van der Waals surface area contributed by atoms with Crippen molar-refractivity contribution in [3.63, 3.8) is 0 Å². The van der Waals surface area contributed by atoms with E-state index in [4.69, 9.17) is 0 Å². The van der Waals surface area contributed by atoms with Crippen molar-refractivity contribution in [3.05, 3.63) is 65.4 Å². The third-order valence-corrected chi connectivity index (χ3v) is 4.80. The molecule has 0 fully saturated rings. The highest BCUT2D eigenvalue weighted by Crippen LogP contribution is 2.39. The molecule has 1 heterocycles. The van der Waals surface area contributed by atoms with Crippen LogP contribution in [0.4, 0.5) is 0 Å². The summed E-state index contributed by atoms with van der Waals surface area (Å²) < 4.78 is 0. The molecule has 0 bridgehead atoms. The number of nitriles is 1. The largest absolute Gasteiger partial charge is 0.256 e. The quantitative estimate of drug-likeness (QED) is 0.515. The van der Waals surface area contributed by atoms with Crippen molar-refractivity contribution in [2.45, 2.75) is 52.4 Å². The Labute approximate surface area is 156 Å². The molecular formula is C24H26N2. The van der Waals surface area contributed by atoms with Crippen molar-refractivity contribution >= 4 is 10.8 Å². The summed E-state index contributed by atoms with van der Waals surface area (Å²) in [7, 11) is 0. The molecule has 2 aromatic carbocycles. The Bertz CT molecular complexity index is 1010. The van der Waals surface area contributed by atoms with E-state index in [0.717, 1.165) is 22.0 Å². The number of nitrogens with zero attached hydrogens (tertiary/aromatic N) is 2. The maximum Gasteiger partial charge on any atom is 0.0991 e. The highest BCUT2D eigenvalue weighted by molar-refractivity contribution is 5.93. The summed E-state index contributed by atoms with van der Waals surface area (Å²) in [5.41, 5.74) is 5.35. The Morgan fingerprint density at radius 3 is 2.15 bits per heavy atom. The van der Waals surface area contributed by atoms with Gasteiger partial charge in [0.1, 0.15) is 0 Å².